The number of amides is 1. The molecule has 4 fully saturated rings. The van der Waals surface area contributed by atoms with Gasteiger partial charge in [-0.25, -0.2) is 4.98 Å². The zero-order valence-corrected chi connectivity index (χ0v) is 16.3. The Morgan fingerprint density at radius 1 is 1.18 bits per heavy atom. The molecule has 5 rings (SSSR count). The molecule has 0 bridgehead atoms. The van der Waals surface area contributed by atoms with E-state index in [-0.39, 0.29) is 17.8 Å². The maximum absolute atomic E-state index is 12.3. The zero-order valence-electron chi connectivity index (χ0n) is 16.3. The Morgan fingerprint density at radius 2 is 1.96 bits per heavy atom. The van der Waals surface area contributed by atoms with E-state index in [1.54, 1.807) is 0 Å². The van der Waals surface area contributed by atoms with E-state index in [1.807, 2.05) is 17.3 Å². The first-order valence-corrected chi connectivity index (χ1v) is 10.6. The van der Waals surface area contributed by atoms with Gasteiger partial charge >= 0.3 is 5.97 Å². The Labute approximate surface area is 165 Å². The predicted octanol–water partition coefficient (Wildman–Crippen LogP) is 2.13. The van der Waals surface area contributed by atoms with Gasteiger partial charge in [-0.1, -0.05) is 12.8 Å². The van der Waals surface area contributed by atoms with Crippen LogP contribution in [0.1, 0.15) is 56.6 Å². The Bertz CT molecular complexity index is 745. The topological polar surface area (TPSA) is 75.6 Å². The predicted molar refractivity (Wildman–Crippen MR) is 103 cm³/mol. The average Bonchev–Trinajstić information content (AvgIpc) is 3.27. The Balaban J connectivity index is 1.07. The summed E-state index contributed by atoms with van der Waals surface area (Å²) in [6, 6.07) is 0. The molecule has 0 N–H and O–H groups in total. The van der Waals surface area contributed by atoms with Gasteiger partial charge in [0.05, 0.1) is 31.1 Å². The van der Waals surface area contributed by atoms with Crippen LogP contribution < -0.4 is 4.90 Å². The normalized spacial score (nSPS) is 26.3. The number of ether oxygens (including phenoxy) is 1. The maximum atomic E-state index is 12.3. The van der Waals surface area contributed by atoms with Crippen LogP contribution in [0.4, 0.5) is 5.82 Å². The minimum atomic E-state index is -0.139. The van der Waals surface area contributed by atoms with Crippen molar-refractivity contribution in [2.24, 2.45) is 11.3 Å². The number of carbonyl (C=O) groups excluding carboxylic acids is 2. The maximum Gasteiger partial charge on any atom is 0.306 e. The van der Waals surface area contributed by atoms with Gasteiger partial charge in [-0.05, 0) is 19.3 Å². The lowest BCUT2D eigenvalue weighted by atomic mass is 9.78. The summed E-state index contributed by atoms with van der Waals surface area (Å²) in [7, 11) is 0. The lowest BCUT2D eigenvalue weighted by molar-refractivity contribution is -0.138. The lowest BCUT2D eigenvalue weighted by Crippen LogP contribution is -2.55. The third-order valence-corrected chi connectivity index (χ3v) is 7.05. The third kappa shape index (κ3) is 3.35. The molecule has 3 saturated heterocycles. The molecule has 4 aliphatic rings. The summed E-state index contributed by atoms with van der Waals surface area (Å²) < 4.78 is 4.96. The number of hydrogen-bond donors (Lipinski definition) is 0. The number of likely N-dealkylation sites (tertiary alicyclic amines) is 1. The third-order valence-electron chi connectivity index (χ3n) is 7.05. The van der Waals surface area contributed by atoms with Crippen LogP contribution >= 0.6 is 0 Å². The molecule has 1 aliphatic carbocycles. The molecule has 1 amide bonds. The minimum Gasteiger partial charge on any atom is -0.465 e. The van der Waals surface area contributed by atoms with Crippen LogP contribution in [0.2, 0.25) is 0 Å². The second-order valence-electron chi connectivity index (χ2n) is 9.15. The van der Waals surface area contributed by atoms with Crippen LogP contribution in [0.3, 0.4) is 0 Å². The minimum absolute atomic E-state index is 0.139. The van der Waals surface area contributed by atoms with Gasteiger partial charge < -0.3 is 14.5 Å². The van der Waals surface area contributed by atoms with Crippen molar-refractivity contribution in [3.05, 3.63) is 18.1 Å². The van der Waals surface area contributed by atoms with Crippen molar-refractivity contribution in [1.82, 2.24) is 14.9 Å². The van der Waals surface area contributed by atoms with Crippen LogP contribution in [0.5, 0.6) is 0 Å². The van der Waals surface area contributed by atoms with Crippen LogP contribution in [0, 0.1) is 11.3 Å². The Kier molecular flexibility index (Phi) is 4.48. The molecule has 1 aromatic rings. The molecule has 7 heteroatoms. The van der Waals surface area contributed by atoms with Gasteiger partial charge in [-0.3, -0.25) is 14.6 Å². The number of nitrogens with zero attached hydrogens (tertiary/aromatic N) is 4. The summed E-state index contributed by atoms with van der Waals surface area (Å²) in [5, 5.41) is 0. The van der Waals surface area contributed by atoms with Crippen LogP contribution in [-0.4, -0.2) is 59.5 Å². The highest BCUT2D eigenvalue weighted by atomic mass is 16.5. The van der Waals surface area contributed by atoms with Gasteiger partial charge in [0.2, 0.25) is 5.91 Å². The number of anilines is 1. The first kappa shape index (κ1) is 17.9. The van der Waals surface area contributed by atoms with Gasteiger partial charge in [0.15, 0.2) is 0 Å². The standard InChI is InChI=1S/C21H28N4O3/c26-19(4-3-15-7-20(27)28-12-15)24-10-16(11-24)17-8-23-18(9-22-17)25-13-21(14-25)5-1-2-6-21/h8-9,15-16H,1-7,10-14H2/t15-/m0/s1. The zero-order chi connectivity index (χ0) is 19.1. The number of hydrogen-bond acceptors (Lipinski definition) is 6. The van der Waals surface area contributed by atoms with Crippen molar-refractivity contribution in [2.75, 3.05) is 37.7 Å². The average molecular weight is 384 g/mol. The molecule has 0 aromatic carbocycles. The molecular formula is C21H28N4O3. The molecule has 4 heterocycles. The fourth-order valence-corrected chi connectivity index (χ4v) is 5.18. The number of esters is 1. The molecule has 3 aliphatic heterocycles. The summed E-state index contributed by atoms with van der Waals surface area (Å²) in [5.74, 6) is 1.51. The summed E-state index contributed by atoms with van der Waals surface area (Å²) >= 11 is 0. The smallest absolute Gasteiger partial charge is 0.306 e. The molecule has 0 radical (unpaired) electrons. The highest BCUT2D eigenvalue weighted by Crippen LogP contribution is 2.46. The highest BCUT2D eigenvalue weighted by molar-refractivity contribution is 5.77. The second kappa shape index (κ2) is 7.01. The summed E-state index contributed by atoms with van der Waals surface area (Å²) in [5.41, 5.74) is 1.55. The van der Waals surface area contributed by atoms with E-state index in [9.17, 15) is 9.59 Å². The molecule has 1 saturated carbocycles. The number of rotatable bonds is 5. The highest BCUT2D eigenvalue weighted by Gasteiger charge is 2.45. The summed E-state index contributed by atoms with van der Waals surface area (Å²) in [4.78, 5) is 36.9. The quantitative estimate of drug-likeness (QED) is 0.724. The second-order valence-corrected chi connectivity index (χ2v) is 9.15. The van der Waals surface area contributed by atoms with Gasteiger partial charge in [0.25, 0.3) is 0 Å². The van der Waals surface area contributed by atoms with Gasteiger partial charge in [0.1, 0.15) is 5.82 Å². The van der Waals surface area contributed by atoms with Crippen molar-refractivity contribution >= 4 is 17.7 Å². The number of carbonyl (C=O) groups is 2. The number of aromatic nitrogens is 2. The van der Waals surface area contributed by atoms with E-state index < -0.39 is 0 Å². The van der Waals surface area contributed by atoms with Crippen molar-refractivity contribution in [2.45, 2.75) is 50.9 Å². The summed E-state index contributed by atoms with van der Waals surface area (Å²) in [6.07, 6.45) is 11.0. The Hall–Kier alpha value is -2.18. The monoisotopic (exact) mass is 384 g/mol. The van der Waals surface area contributed by atoms with Crippen LogP contribution in [0.15, 0.2) is 12.4 Å². The van der Waals surface area contributed by atoms with E-state index in [0.29, 0.717) is 30.8 Å². The Morgan fingerprint density at radius 3 is 2.61 bits per heavy atom. The first-order chi connectivity index (χ1) is 13.6. The number of cyclic esters (lactones) is 1. The molecule has 1 atom stereocenters. The molecule has 150 valence electrons. The molecule has 28 heavy (non-hydrogen) atoms. The van der Waals surface area contributed by atoms with E-state index in [1.165, 1.54) is 25.7 Å². The van der Waals surface area contributed by atoms with Crippen molar-refractivity contribution in [1.29, 1.82) is 0 Å². The van der Waals surface area contributed by atoms with E-state index in [0.717, 1.165) is 44.1 Å². The van der Waals surface area contributed by atoms with E-state index >= 15 is 0 Å². The molecule has 7 nitrogen and oxygen atoms in total. The van der Waals surface area contributed by atoms with Gasteiger partial charge in [-0.15, -0.1) is 0 Å². The van der Waals surface area contributed by atoms with Crippen molar-refractivity contribution in [3.8, 4) is 0 Å². The first-order valence-electron chi connectivity index (χ1n) is 10.6. The van der Waals surface area contributed by atoms with E-state index in [4.69, 9.17) is 4.74 Å². The van der Waals surface area contributed by atoms with Crippen LogP contribution in [0.25, 0.3) is 0 Å². The van der Waals surface area contributed by atoms with Crippen LogP contribution in [-0.2, 0) is 14.3 Å². The molecule has 0 unspecified atom stereocenters. The van der Waals surface area contributed by atoms with Gasteiger partial charge in [-0.2, -0.15) is 0 Å². The summed E-state index contributed by atoms with van der Waals surface area (Å²) in [6.45, 7) is 4.17. The molecule has 1 aromatic heterocycles. The van der Waals surface area contributed by atoms with Crippen molar-refractivity contribution < 1.29 is 14.3 Å². The largest absolute Gasteiger partial charge is 0.465 e. The van der Waals surface area contributed by atoms with Crippen molar-refractivity contribution in [3.63, 3.8) is 0 Å². The lowest BCUT2D eigenvalue weighted by Gasteiger charge is -2.49. The SMILES string of the molecule is O=C1C[C@H](CCC(=O)N2CC(c3cnc(N4CC5(CCCC5)C4)cn3)C2)CO1. The molecular weight excluding hydrogens is 356 g/mol. The van der Waals surface area contributed by atoms with Gasteiger partial charge in [0, 0.05) is 49.9 Å². The fourth-order valence-electron chi connectivity index (χ4n) is 5.18. The van der Waals surface area contributed by atoms with E-state index in [2.05, 4.69) is 14.9 Å². The fraction of sp³-hybridized carbons (Fsp3) is 0.714. The molecule has 1 spiro atoms.